The van der Waals surface area contributed by atoms with Crippen molar-refractivity contribution in [1.82, 2.24) is 0 Å². The molecule has 10 nitrogen and oxygen atoms in total. The van der Waals surface area contributed by atoms with E-state index in [0.29, 0.717) is 34.8 Å². The standard InChI is InChI=1S/C32H30N4O6.ClH/c1-20(2)18-27(33)32(39)35-28-15-10-23(19-26(28)31(38)22-6-4-3-5-7-22)34-30(37)17-14-25-13-16-29(42-25)21-8-11-24(12-9-21)36(40)41;/h3-17,19-20,27H,18,33H2,1-2H3,(H,34,37)(H,35,39);1H/b17-14+;/t27-;/m0./s1. The third-order valence-corrected chi connectivity index (χ3v) is 6.28. The number of hydrogen-bond acceptors (Lipinski definition) is 7. The Kier molecular flexibility index (Phi) is 11.1. The van der Waals surface area contributed by atoms with Crippen LogP contribution in [0.2, 0.25) is 0 Å². The third-order valence-electron chi connectivity index (χ3n) is 6.28. The third kappa shape index (κ3) is 8.71. The summed E-state index contributed by atoms with van der Waals surface area (Å²) in [7, 11) is 0. The normalized spacial score (nSPS) is 11.5. The minimum Gasteiger partial charge on any atom is -0.457 e. The lowest BCUT2D eigenvalue weighted by Crippen LogP contribution is -2.37. The van der Waals surface area contributed by atoms with Crippen LogP contribution in [0.5, 0.6) is 0 Å². The van der Waals surface area contributed by atoms with E-state index in [0.717, 1.165) is 0 Å². The van der Waals surface area contributed by atoms with Crippen LogP contribution >= 0.6 is 12.4 Å². The maximum Gasteiger partial charge on any atom is 0.269 e. The molecule has 0 saturated heterocycles. The Hall–Kier alpha value is -5.06. The van der Waals surface area contributed by atoms with E-state index in [9.17, 15) is 24.5 Å². The fraction of sp³-hybridized carbons (Fsp3) is 0.156. The smallest absolute Gasteiger partial charge is 0.269 e. The lowest BCUT2D eigenvalue weighted by Gasteiger charge is -2.17. The van der Waals surface area contributed by atoms with E-state index in [2.05, 4.69) is 10.6 Å². The van der Waals surface area contributed by atoms with Gasteiger partial charge in [0.15, 0.2) is 5.78 Å². The summed E-state index contributed by atoms with van der Waals surface area (Å²) in [5.74, 6) is -0.107. The summed E-state index contributed by atoms with van der Waals surface area (Å²) < 4.78 is 5.73. The zero-order chi connectivity index (χ0) is 30.2. The van der Waals surface area contributed by atoms with Crippen LogP contribution in [0.3, 0.4) is 0 Å². The molecule has 3 aromatic carbocycles. The van der Waals surface area contributed by atoms with Gasteiger partial charge in [-0.2, -0.15) is 0 Å². The summed E-state index contributed by atoms with van der Waals surface area (Å²) >= 11 is 0. The summed E-state index contributed by atoms with van der Waals surface area (Å²) in [5, 5.41) is 16.3. The summed E-state index contributed by atoms with van der Waals surface area (Å²) in [6, 6.07) is 21.8. The first-order chi connectivity index (χ1) is 20.1. The second kappa shape index (κ2) is 14.7. The number of nitrogens with one attached hydrogen (secondary N) is 2. The van der Waals surface area contributed by atoms with Crippen molar-refractivity contribution in [2.24, 2.45) is 11.7 Å². The number of ketones is 1. The highest BCUT2D eigenvalue weighted by molar-refractivity contribution is 6.15. The molecule has 0 fully saturated rings. The Morgan fingerprint density at radius 3 is 2.30 bits per heavy atom. The van der Waals surface area contributed by atoms with E-state index in [4.69, 9.17) is 10.2 Å². The molecule has 4 rings (SSSR count). The van der Waals surface area contributed by atoms with Gasteiger partial charge in [-0.15, -0.1) is 12.4 Å². The molecule has 0 aliphatic heterocycles. The Morgan fingerprint density at radius 2 is 1.65 bits per heavy atom. The van der Waals surface area contributed by atoms with Crippen LogP contribution in [0.25, 0.3) is 17.4 Å². The van der Waals surface area contributed by atoms with Gasteiger partial charge in [0.05, 0.1) is 16.7 Å². The van der Waals surface area contributed by atoms with Gasteiger partial charge < -0.3 is 20.8 Å². The van der Waals surface area contributed by atoms with Crippen molar-refractivity contribution >= 4 is 53.1 Å². The Balaban J connectivity index is 0.00000506. The monoisotopic (exact) mass is 602 g/mol. The molecule has 0 radical (unpaired) electrons. The largest absolute Gasteiger partial charge is 0.457 e. The fourth-order valence-electron chi connectivity index (χ4n) is 4.19. The second-order valence-corrected chi connectivity index (χ2v) is 10.0. The van der Waals surface area contributed by atoms with Crippen LogP contribution in [0.4, 0.5) is 17.1 Å². The van der Waals surface area contributed by atoms with Crippen LogP contribution < -0.4 is 16.4 Å². The van der Waals surface area contributed by atoms with E-state index in [1.807, 2.05) is 13.8 Å². The van der Waals surface area contributed by atoms with Crippen LogP contribution in [-0.4, -0.2) is 28.6 Å². The summed E-state index contributed by atoms with van der Waals surface area (Å²) in [4.78, 5) is 49.2. The maximum atomic E-state index is 13.4. The van der Waals surface area contributed by atoms with Gasteiger partial charge in [-0.25, -0.2) is 0 Å². The summed E-state index contributed by atoms with van der Waals surface area (Å²) in [6.45, 7) is 3.93. The lowest BCUT2D eigenvalue weighted by atomic mass is 10.00. The quantitative estimate of drug-likeness (QED) is 0.0768. The molecule has 0 saturated carbocycles. The molecule has 222 valence electrons. The van der Waals surface area contributed by atoms with Gasteiger partial charge in [-0.1, -0.05) is 44.2 Å². The van der Waals surface area contributed by atoms with Gasteiger partial charge in [0.2, 0.25) is 11.8 Å². The van der Waals surface area contributed by atoms with Gasteiger partial charge in [0.25, 0.3) is 5.69 Å². The van der Waals surface area contributed by atoms with Gasteiger partial charge >= 0.3 is 0 Å². The number of furan rings is 1. The first-order valence-corrected chi connectivity index (χ1v) is 13.2. The first kappa shape index (κ1) is 32.5. The highest BCUT2D eigenvalue weighted by atomic mass is 35.5. The van der Waals surface area contributed by atoms with Crippen molar-refractivity contribution in [3.05, 3.63) is 118 Å². The number of carbonyl (C=O) groups is 3. The van der Waals surface area contributed by atoms with Gasteiger partial charge in [0, 0.05) is 40.6 Å². The van der Waals surface area contributed by atoms with Crippen LogP contribution in [0.1, 0.15) is 41.9 Å². The van der Waals surface area contributed by atoms with Crippen LogP contribution in [-0.2, 0) is 9.59 Å². The summed E-state index contributed by atoms with van der Waals surface area (Å²) in [5.41, 5.74) is 7.92. The molecule has 0 bridgehead atoms. The average molecular weight is 603 g/mol. The minimum atomic E-state index is -0.739. The maximum absolute atomic E-state index is 13.4. The molecular weight excluding hydrogens is 572 g/mol. The van der Waals surface area contributed by atoms with Crippen molar-refractivity contribution < 1.29 is 23.7 Å². The number of carbonyl (C=O) groups excluding carboxylic acids is 3. The number of anilines is 2. The zero-order valence-electron chi connectivity index (χ0n) is 23.5. The molecule has 4 aromatic rings. The Labute approximate surface area is 254 Å². The number of nitro groups is 1. The van der Waals surface area contributed by atoms with E-state index in [1.165, 1.54) is 30.4 Å². The van der Waals surface area contributed by atoms with Gasteiger partial charge in [-0.05, 0) is 60.9 Å². The number of nitrogens with two attached hydrogens (primary N) is 1. The van der Waals surface area contributed by atoms with E-state index >= 15 is 0 Å². The molecule has 1 atom stereocenters. The van der Waals surface area contributed by atoms with Crippen molar-refractivity contribution in [3.63, 3.8) is 0 Å². The molecule has 0 aliphatic rings. The molecule has 0 aliphatic carbocycles. The molecule has 43 heavy (non-hydrogen) atoms. The minimum absolute atomic E-state index is 0. The van der Waals surface area contributed by atoms with Crippen molar-refractivity contribution in [1.29, 1.82) is 0 Å². The topological polar surface area (TPSA) is 158 Å². The number of non-ortho nitro benzene ring substituents is 1. The molecule has 2 amide bonds. The molecule has 1 aromatic heterocycles. The highest BCUT2D eigenvalue weighted by Gasteiger charge is 2.20. The predicted molar refractivity (Wildman–Crippen MR) is 168 cm³/mol. The van der Waals surface area contributed by atoms with Gasteiger partial charge in [0.1, 0.15) is 11.5 Å². The van der Waals surface area contributed by atoms with Crippen LogP contribution in [0, 0.1) is 16.0 Å². The zero-order valence-corrected chi connectivity index (χ0v) is 24.3. The van der Waals surface area contributed by atoms with E-state index < -0.39 is 22.8 Å². The summed E-state index contributed by atoms with van der Waals surface area (Å²) in [6.07, 6.45) is 3.24. The lowest BCUT2D eigenvalue weighted by molar-refractivity contribution is -0.384. The molecule has 1 heterocycles. The number of hydrogen-bond donors (Lipinski definition) is 3. The molecule has 4 N–H and O–H groups in total. The Morgan fingerprint density at radius 1 is 0.953 bits per heavy atom. The number of amides is 2. The molecule has 11 heteroatoms. The van der Waals surface area contributed by atoms with Crippen LogP contribution in [0.15, 0.2) is 95.4 Å². The predicted octanol–water partition coefficient (Wildman–Crippen LogP) is 6.47. The number of halogens is 1. The molecule has 0 spiro atoms. The number of nitrogens with zero attached hydrogens (tertiary/aromatic N) is 1. The van der Waals surface area contributed by atoms with Crippen molar-refractivity contribution in [2.75, 3.05) is 10.6 Å². The van der Waals surface area contributed by atoms with Crippen molar-refractivity contribution in [2.45, 2.75) is 26.3 Å². The number of benzene rings is 3. The highest BCUT2D eigenvalue weighted by Crippen LogP contribution is 2.26. The number of rotatable bonds is 11. The first-order valence-electron chi connectivity index (χ1n) is 13.2. The van der Waals surface area contributed by atoms with E-state index in [-0.39, 0.29) is 41.0 Å². The van der Waals surface area contributed by atoms with Crippen molar-refractivity contribution in [3.8, 4) is 11.3 Å². The molecule has 0 unspecified atom stereocenters. The fourth-order valence-corrected chi connectivity index (χ4v) is 4.19. The molecular formula is C32H31ClN4O6. The second-order valence-electron chi connectivity index (χ2n) is 10.0. The van der Waals surface area contributed by atoms with Gasteiger partial charge in [-0.3, -0.25) is 24.5 Å². The average Bonchev–Trinajstić information content (AvgIpc) is 3.46. The SMILES string of the molecule is CC(C)C[C@H](N)C(=O)Nc1ccc(NC(=O)/C=C/c2ccc(-c3ccc([N+](=O)[O-])cc3)o2)cc1C(=O)c1ccccc1.Cl. The Bertz CT molecular complexity index is 1630. The number of nitro benzene ring substituents is 1. The van der Waals surface area contributed by atoms with E-state index in [1.54, 1.807) is 66.7 Å².